The Labute approximate surface area is 68.0 Å². The van der Waals surface area contributed by atoms with Gasteiger partial charge in [-0.25, -0.2) is 0 Å². The predicted molar refractivity (Wildman–Crippen MR) is 46.1 cm³/mol. The first-order chi connectivity index (χ1) is 5.43. The molecule has 1 fully saturated rings. The smallest absolute Gasteiger partial charge is 0.0191 e. The van der Waals surface area contributed by atoms with Crippen LogP contribution >= 0.6 is 0 Å². The summed E-state index contributed by atoms with van der Waals surface area (Å²) in [6.07, 6.45) is 14.0. The first kappa shape index (κ1) is 6.05. The van der Waals surface area contributed by atoms with Gasteiger partial charge in [0.15, 0.2) is 0 Å². The monoisotopic (exact) mass is 146 g/mol. The largest absolute Gasteiger partial charge is 0.0879 e. The van der Waals surface area contributed by atoms with Gasteiger partial charge in [-0.2, -0.15) is 0 Å². The van der Waals surface area contributed by atoms with E-state index in [1.54, 1.807) is 0 Å². The highest BCUT2D eigenvalue weighted by molar-refractivity contribution is 5.16. The van der Waals surface area contributed by atoms with Crippen LogP contribution in [-0.2, 0) is 0 Å². The van der Waals surface area contributed by atoms with Crippen LogP contribution in [-0.4, -0.2) is 0 Å². The van der Waals surface area contributed by atoms with Gasteiger partial charge in [-0.05, 0) is 42.9 Å². The van der Waals surface area contributed by atoms with Crippen LogP contribution in [0.2, 0.25) is 0 Å². The van der Waals surface area contributed by atoms with E-state index in [0.717, 1.165) is 23.7 Å². The molecule has 0 aromatic rings. The summed E-state index contributed by atoms with van der Waals surface area (Å²) in [4.78, 5) is 0. The summed E-state index contributed by atoms with van der Waals surface area (Å²) in [5.74, 6) is 3.80. The van der Waals surface area contributed by atoms with E-state index in [1.807, 2.05) is 0 Å². The second-order valence-corrected chi connectivity index (χ2v) is 4.27. The summed E-state index contributed by atoms with van der Waals surface area (Å²) in [6, 6.07) is 0. The molecule has 11 heavy (non-hydrogen) atoms. The Morgan fingerprint density at radius 2 is 1.73 bits per heavy atom. The van der Waals surface area contributed by atoms with Gasteiger partial charge < -0.3 is 0 Å². The molecule has 3 aliphatic rings. The van der Waals surface area contributed by atoms with E-state index in [2.05, 4.69) is 24.3 Å². The van der Waals surface area contributed by atoms with Crippen molar-refractivity contribution in [3.8, 4) is 0 Å². The second-order valence-electron chi connectivity index (χ2n) is 4.27. The van der Waals surface area contributed by atoms with E-state index in [9.17, 15) is 0 Å². The minimum absolute atomic E-state index is 0.934. The third-order valence-corrected chi connectivity index (χ3v) is 3.67. The summed E-state index contributed by atoms with van der Waals surface area (Å²) in [5, 5.41) is 0. The standard InChI is InChI=1S/C11H14/c1-2-9-6-8-4-5-10(7-8)11(9)3-1/h1-2,4-5,8-11H,3,6-7H2. The molecule has 4 atom stereocenters. The Morgan fingerprint density at radius 3 is 2.64 bits per heavy atom. The molecule has 3 rings (SSSR count). The third-order valence-electron chi connectivity index (χ3n) is 3.67. The van der Waals surface area contributed by atoms with Crippen LogP contribution in [0.5, 0.6) is 0 Å². The summed E-state index contributed by atoms with van der Waals surface area (Å²) in [5.41, 5.74) is 0. The van der Waals surface area contributed by atoms with Crippen molar-refractivity contribution in [2.24, 2.45) is 23.7 Å². The fraction of sp³-hybridized carbons (Fsp3) is 0.636. The maximum Gasteiger partial charge on any atom is -0.0191 e. The second kappa shape index (κ2) is 2.00. The molecular weight excluding hydrogens is 132 g/mol. The molecule has 2 bridgehead atoms. The quantitative estimate of drug-likeness (QED) is 0.461. The molecule has 0 heterocycles. The van der Waals surface area contributed by atoms with E-state index in [1.165, 1.54) is 19.3 Å². The van der Waals surface area contributed by atoms with Crippen molar-refractivity contribution in [1.29, 1.82) is 0 Å². The Bertz CT molecular complexity index is 222. The molecule has 0 spiro atoms. The van der Waals surface area contributed by atoms with Crippen LogP contribution in [0.4, 0.5) is 0 Å². The number of allylic oxidation sites excluding steroid dienone is 4. The van der Waals surface area contributed by atoms with Crippen molar-refractivity contribution in [3.05, 3.63) is 24.3 Å². The fourth-order valence-corrected chi connectivity index (χ4v) is 3.12. The normalized spacial score (nSPS) is 51.6. The minimum atomic E-state index is 0.934. The first-order valence-corrected chi connectivity index (χ1v) is 4.78. The van der Waals surface area contributed by atoms with Crippen LogP contribution < -0.4 is 0 Å². The molecule has 0 aromatic carbocycles. The van der Waals surface area contributed by atoms with Crippen molar-refractivity contribution >= 4 is 0 Å². The molecule has 0 saturated heterocycles. The SMILES string of the molecule is C1=CC2CC3C=CC(C3)C2C1. The molecule has 1 saturated carbocycles. The minimum Gasteiger partial charge on any atom is -0.0879 e. The molecule has 0 aromatic heterocycles. The van der Waals surface area contributed by atoms with Gasteiger partial charge in [-0.3, -0.25) is 0 Å². The van der Waals surface area contributed by atoms with Crippen LogP contribution in [0.3, 0.4) is 0 Å². The zero-order valence-electron chi connectivity index (χ0n) is 6.74. The van der Waals surface area contributed by atoms with E-state index in [-0.39, 0.29) is 0 Å². The zero-order valence-corrected chi connectivity index (χ0v) is 6.74. The van der Waals surface area contributed by atoms with Crippen molar-refractivity contribution in [1.82, 2.24) is 0 Å². The fourth-order valence-electron chi connectivity index (χ4n) is 3.12. The van der Waals surface area contributed by atoms with Gasteiger partial charge in [0.1, 0.15) is 0 Å². The Kier molecular flexibility index (Phi) is 1.10. The Balaban J connectivity index is 1.93. The van der Waals surface area contributed by atoms with Gasteiger partial charge in [0.2, 0.25) is 0 Å². The van der Waals surface area contributed by atoms with Gasteiger partial charge in [-0.1, -0.05) is 24.3 Å². The highest BCUT2D eigenvalue weighted by Gasteiger charge is 2.38. The van der Waals surface area contributed by atoms with Crippen molar-refractivity contribution in [3.63, 3.8) is 0 Å². The molecule has 0 amide bonds. The van der Waals surface area contributed by atoms with Gasteiger partial charge >= 0.3 is 0 Å². The van der Waals surface area contributed by atoms with Crippen molar-refractivity contribution in [2.45, 2.75) is 19.3 Å². The zero-order chi connectivity index (χ0) is 7.26. The number of hydrogen-bond acceptors (Lipinski definition) is 0. The van der Waals surface area contributed by atoms with Crippen LogP contribution in [0, 0.1) is 23.7 Å². The van der Waals surface area contributed by atoms with Crippen molar-refractivity contribution < 1.29 is 0 Å². The van der Waals surface area contributed by atoms with Crippen LogP contribution in [0.1, 0.15) is 19.3 Å². The van der Waals surface area contributed by atoms with Gasteiger partial charge in [-0.15, -0.1) is 0 Å². The molecule has 0 nitrogen and oxygen atoms in total. The lowest BCUT2D eigenvalue weighted by molar-refractivity contribution is 0.222. The molecule has 4 unspecified atom stereocenters. The summed E-state index contributed by atoms with van der Waals surface area (Å²) < 4.78 is 0. The molecule has 0 aliphatic heterocycles. The summed E-state index contributed by atoms with van der Waals surface area (Å²) in [7, 11) is 0. The molecular formula is C11H14. The summed E-state index contributed by atoms with van der Waals surface area (Å²) >= 11 is 0. The van der Waals surface area contributed by atoms with E-state index in [0.29, 0.717) is 0 Å². The highest BCUT2D eigenvalue weighted by atomic mass is 14.4. The van der Waals surface area contributed by atoms with Gasteiger partial charge in [0, 0.05) is 0 Å². The first-order valence-electron chi connectivity index (χ1n) is 4.78. The van der Waals surface area contributed by atoms with Gasteiger partial charge in [0.05, 0.1) is 0 Å². The Morgan fingerprint density at radius 1 is 0.909 bits per heavy atom. The van der Waals surface area contributed by atoms with Crippen LogP contribution in [0.25, 0.3) is 0 Å². The molecule has 0 N–H and O–H groups in total. The average Bonchev–Trinajstić information content (AvgIpc) is 2.58. The lowest BCUT2D eigenvalue weighted by Gasteiger charge is -2.31. The number of fused-ring (bicyclic) bond motifs is 4. The van der Waals surface area contributed by atoms with E-state index in [4.69, 9.17) is 0 Å². The summed E-state index contributed by atoms with van der Waals surface area (Å²) in [6.45, 7) is 0. The van der Waals surface area contributed by atoms with Crippen LogP contribution in [0.15, 0.2) is 24.3 Å². The van der Waals surface area contributed by atoms with Crippen molar-refractivity contribution in [2.75, 3.05) is 0 Å². The molecule has 3 aliphatic carbocycles. The maximum atomic E-state index is 2.47. The van der Waals surface area contributed by atoms with Gasteiger partial charge in [0.25, 0.3) is 0 Å². The molecule has 0 heteroatoms. The third kappa shape index (κ3) is 0.756. The maximum absolute atomic E-state index is 2.47. The lowest BCUT2D eigenvalue weighted by atomic mass is 9.73. The predicted octanol–water partition coefficient (Wildman–Crippen LogP) is 2.77. The molecule has 58 valence electrons. The topological polar surface area (TPSA) is 0 Å². The highest BCUT2D eigenvalue weighted by Crippen LogP contribution is 2.48. The van der Waals surface area contributed by atoms with E-state index >= 15 is 0 Å². The van der Waals surface area contributed by atoms with E-state index < -0.39 is 0 Å². The number of hydrogen-bond donors (Lipinski definition) is 0. The molecule has 0 radical (unpaired) electrons. The average molecular weight is 146 g/mol. The Hall–Kier alpha value is -0.520. The lowest BCUT2D eigenvalue weighted by Crippen LogP contribution is -2.23. The number of rotatable bonds is 0.